The molecule has 0 bridgehead atoms. The third-order valence-electron chi connectivity index (χ3n) is 1.41. The molecule has 13 heavy (non-hydrogen) atoms. The first kappa shape index (κ1) is 9.39. The average Bonchev–Trinajstić information content (AvgIpc) is 2.07. The van der Waals surface area contributed by atoms with Crippen molar-refractivity contribution in [2.45, 2.75) is 13.5 Å². The van der Waals surface area contributed by atoms with Crippen molar-refractivity contribution >= 4 is 0 Å². The van der Waals surface area contributed by atoms with Gasteiger partial charge in [-0.2, -0.15) is 14.0 Å². The quantitative estimate of drug-likeness (QED) is 0.704. The van der Waals surface area contributed by atoms with Crippen molar-refractivity contribution in [1.29, 1.82) is 5.26 Å². The Kier molecular flexibility index (Phi) is 2.75. The van der Waals surface area contributed by atoms with Crippen LogP contribution < -0.4 is 4.74 Å². The summed E-state index contributed by atoms with van der Waals surface area (Å²) in [7, 11) is 0. The normalized spacial score (nSPS) is 9.77. The molecule has 1 aromatic heterocycles. The largest absolute Gasteiger partial charge is 0.417 e. The molecule has 0 radical (unpaired) electrons. The van der Waals surface area contributed by atoms with Crippen LogP contribution in [0.15, 0.2) is 12.3 Å². The molecule has 1 rings (SSSR count). The molecule has 68 valence electrons. The molecule has 0 aliphatic heterocycles. The highest BCUT2D eigenvalue weighted by molar-refractivity contribution is 5.38. The van der Waals surface area contributed by atoms with Crippen molar-refractivity contribution in [3.8, 4) is 11.9 Å². The fourth-order valence-electron chi connectivity index (χ4n) is 0.781. The number of nitrogens with zero attached hydrogens (tertiary/aromatic N) is 2. The van der Waals surface area contributed by atoms with Crippen molar-refractivity contribution in [1.82, 2.24) is 4.98 Å². The number of aromatic nitrogens is 1. The molecule has 0 N–H and O–H groups in total. The minimum Gasteiger partial charge on any atom is -0.417 e. The first-order valence-corrected chi connectivity index (χ1v) is 3.45. The summed E-state index contributed by atoms with van der Waals surface area (Å²) in [5.41, 5.74) is 0.912. The summed E-state index contributed by atoms with van der Waals surface area (Å²) in [6.45, 7) is -1.25. The van der Waals surface area contributed by atoms with Gasteiger partial charge in [0.15, 0.2) is 0 Å². The molecule has 0 amide bonds. The zero-order chi connectivity index (χ0) is 9.84. The lowest BCUT2D eigenvalue weighted by molar-refractivity contribution is -0.0528. The third-order valence-corrected chi connectivity index (χ3v) is 1.41. The summed E-state index contributed by atoms with van der Waals surface area (Å²) in [4.78, 5) is 3.57. The molecule has 0 saturated carbocycles. The predicted octanol–water partition coefficient (Wildman–Crippen LogP) is 1.86. The molecule has 0 fully saturated rings. The van der Waals surface area contributed by atoms with E-state index in [4.69, 9.17) is 5.26 Å². The highest BCUT2D eigenvalue weighted by atomic mass is 19.3. The number of nitriles is 1. The van der Waals surface area contributed by atoms with Gasteiger partial charge in [-0.25, -0.2) is 4.98 Å². The van der Waals surface area contributed by atoms with Crippen molar-refractivity contribution in [3.05, 3.63) is 23.4 Å². The Morgan fingerprint density at radius 1 is 1.62 bits per heavy atom. The van der Waals surface area contributed by atoms with Gasteiger partial charge in [-0.05, 0) is 12.5 Å². The minimum absolute atomic E-state index is 0.239. The standard InChI is InChI=1S/C8H6F2N2O/c1-5-4-12-7(13-8(9)10)2-6(5)3-11/h2,4,8H,1H3. The van der Waals surface area contributed by atoms with E-state index < -0.39 is 6.61 Å². The number of pyridine rings is 1. The Balaban J connectivity index is 2.95. The zero-order valence-electron chi connectivity index (χ0n) is 6.79. The molecule has 0 aliphatic rings. The van der Waals surface area contributed by atoms with Gasteiger partial charge in [-0.3, -0.25) is 0 Å². The predicted molar refractivity (Wildman–Crippen MR) is 40.3 cm³/mol. The van der Waals surface area contributed by atoms with Gasteiger partial charge < -0.3 is 4.74 Å². The van der Waals surface area contributed by atoms with E-state index in [1.54, 1.807) is 6.92 Å². The molecule has 5 heteroatoms. The van der Waals surface area contributed by atoms with Gasteiger partial charge in [0.25, 0.3) is 0 Å². The molecular formula is C8H6F2N2O. The number of rotatable bonds is 2. The summed E-state index contributed by atoms with van der Waals surface area (Å²) in [5, 5.41) is 8.56. The minimum atomic E-state index is -2.92. The van der Waals surface area contributed by atoms with Crippen LogP contribution in [0.25, 0.3) is 0 Å². The Hall–Kier alpha value is -1.70. The van der Waals surface area contributed by atoms with Crippen LogP contribution in [0.4, 0.5) is 8.78 Å². The number of hydrogen-bond donors (Lipinski definition) is 0. The van der Waals surface area contributed by atoms with Gasteiger partial charge in [-0.15, -0.1) is 0 Å². The molecule has 0 unspecified atom stereocenters. The topological polar surface area (TPSA) is 45.9 Å². The summed E-state index contributed by atoms with van der Waals surface area (Å²) in [5.74, 6) is -0.239. The maximum absolute atomic E-state index is 11.7. The van der Waals surface area contributed by atoms with E-state index >= 15 is 0 Å². The van der Waals surface area contributed by atoms with Crippen LogP contribution in [-0.4, -0.2) is 11.6 Å². The lowest BCUT2D eigenvalue weighted by Gasteiger charge is -2.03. The zero-order valence-corrected chi connectivity index (χ0v) is 6.79. The van der Waals surface area contributed by atoms with Gasteiger partial charge in [0, 0.05) is 12.3 Å². The van der Waals surface area contributed by atoms with Crippen LogP contribution in [0.3, 0.4) is 0 Å². The van der Waals surface area contributed by atoms with Gasteiger partial charge in [-0.1, -0.05) is 0 Å². The Morgan fingerprint density at radius 2 is 2.31 bits per heavy atom. The fraction of sp³-hybridized carbons (Fsp3) is 0.250. The average molecular weight is 184 g/mol. The van der Waals surface area contributed by atoms with Gasteiger partial charge in [0.2, 0.25) is 5.88 Å². The molecule has 0 aromatic carbocycles. The van der Waals surface area contributed by atoms with Crippen molar-refractivity contribution in [2.24, 2.45) is 0 Å². The van der Waals surface area contributed by atoms with Crippen LogP contribution in [0.5, 0.6) is 5.88 Å². The maximum atomic E-state index is 11.7. The lowest BCUT2D eigenvalue weighted by atomic mass is 10.2. The van der Waals surface area contributed by atoms with Gasteiger partial charge in [0.05, 0.1) is 11.6 Å². The second-order valence-corrected chi connectivity index (χ2v) is 2.33. The molecular weight excluding hydrogens is 178 g/mol. The monoisotopic (exact) mass is 184 g/mol. The Labute approximate surface area is 73.6 Å². The van der Waals surface area contributed by atoms with E-state index in [2.05, 4.69) is 9.72 Å². The highest BCUT2D eigenvalue weighted by Crippen LogP contribution is 2.14. The van der Waals surface area contributed by atoms with Crippen LogP contribution in [0.1, 0.15) is 11.1 Å². The molecule has 1 aromatic rings. The summed E-state index contributed by atoms with van der Waals surface area (Å²) in [6, 6.07) is 3.03. The second kappa shape index (κ2) is 3.81. The molecule has 0 spiro atoms. The van der Waals surface area contributed by atoms with E-state index in [9.17, 15) is 8.78 Å². The summed E-state index contributed by atoms with van der Waals surface area (Å²) >= 11 is 0. The summed E-state index contributed by atoms with van der Waals surface area (Å²) < 4.78 is 27.4. The number of aryl methyl sites for hydroxylation is 1. The van der Waals surface area contributed by atoms with Crippen LogP contribution in [0.2, 0.25) is 0 Å². The molecule has 0 aliphatic carbocycles. The molecule has 0 atom stereocenters. The second-order valence-electron chi connectivity index (χ2n) is 2.33. The van der Waals surface area contributed by atoms with Gasteiger partial charge >= 0.3 is 6.61 Å². The van der Waals surface area contributed by atoms with Crippen molar-refractivity contribution < 1.29 is 13.5 Å². The lowest BCUT2D eigenvalue weighted by Crippen LogP contribution is -2.04. The van der Waals surface area contributed by atoms with E-state index in [-0.39, 0.29) is 11.4 Å². The number of alkyl halides is 2. The number of hydrogen-bond acceptors (Lipinski definition) is 3. The molecule has 1 heterocycles. The van der Waals surface area contributed by atoms with E-state index in [0.29, 0.717) is 5.56 Å². The smallest absolute Gasteiger partial charge is 0.388 e. The third kappa shape index (κ3) is 2.37. The molecule has 0 saturated heterocycles. The van der Waals surface area contributed by atoms with Crippen LogP contribution in [-0.2, 0) is 0 Å². The Bertz CT molecular complexity index is 346. The first-order chi connectivity index (χ1) is 6.13. The highest BCUT2D eigenvalue weighted by Gasteiger charge is 2.07. The van der Waals surface area contributed by atoms with Crippen molar-refractivity contribution in [3.63, 3.8) is 0 Å². The van der Waals surface area contributed by atoms with Crippen LogP contribution >= 0.6 is 0 Å². The van der Waals surface area contributed by atoms with E-state index in [1.165, 1.54) is 12.3 Å². The number of halogens is 2. The van der Waals surface area contributed by atoms with E-state index in [0.717, 1.165) is 0 Å². The van der Waals surface area contributed by atoms with Crippen LogP contribution in [0, 0.1) is 18.3 Å². The SMILES string of the molecule is Cc1cnc(OC(F)F)cc1C#N. The summed E-state index contributed by atoms with van der Waals surface area (Å²) in [6.07, 6.45) is 1.32. The van der Waals surface area contributed by atoms with Gasteiger partial charge in [0.1, 0.15) is 0 Å². The van der Waals surface area contributed by atoms with Crippen molar-refractivity contribution in [2.75, 3.05) is 0 Å². The van der Waals surface area contributed by atoms with E-state index in [1.807, 2.05) is 6.07 Å². The molecule has 3 nitrogen and oxygen atoms in total. The Morgan fingerprint density at radius 3 is 2.85 bits per heavy atom. The first-order valence-electron chi connectivity index (χ1n) is 3.45. The maximum Gasteiger partial charge on any atom is 0.388 e. The fourth-order valence-corrected chi connectivity index (χ4v) is 0.781. The number of ether oxygens (including phenoxy) is 1.